The second-order valence-electron chi connectivity index (χ2n) is 15.6. The van der Waals surface area contributed by atoms with E-state index in [1.807, 2.05) is 0 Å². The molecule has 0 rings (SSSR count). The van der Waals surface area contributed by atoms with Crippen LogP contribution in [0.5, 0.6) is 0 Å². The summed E-state index contributed by atoms with van der Waals surface area (Å²) in [6.07, 6.45) is 57.5. The Morgan fingerprint density at radius 3 is 1.10 bits per heavy atom. The standard InChI is InChI=1S/C52H88O6/c1-4-7-10-13-16-18-20-22-23-24-25-26-27-28-29-30-32-33-36-39-42-45-51(54)57-48-49(47-56-50(53)44-41-38-35-15-12-9-6-3)58-52(55)46-43-40-37-34-31-21-19-17-14-11-8-5-2/h7,10,16-19,22-23,25-26,28-29,49H,4-6,8-9,11-15,20-21,24,27,30-48H2,1-3H3/b10-7-,18-16-,19-17-,23-22-,26-25-,29-28-. The summed E-state index contributed by atoms with van der Waals surface area (Å²) in [5.41, 5.74) is 0. The van der Waals surface area contributed by atoms with E-state index < -0.39 is 6.10 Å². The number of allylic oxidation sites excluding steroid dienone is 12. The first-order valence-electron chi connectivity index (χ1n) is 23.9. The molecular weight excluding hydrogens is 721 g/mol. The third-order valence-corrected chi connectivity index (χ3v) is 9.95. The van der Waals surface area contributed by atoms with Crippen LogP contribution in [0.25, 0.3) is 0 Å². The molecule has 0 aliphatic carbocycles. The Morgan fingerprint density at radius 2 is 0.672 bits per heavy atom. The van der Waals surface area contributed by atoms with Gasteiger partial charge in [0.15, 0.2) is 6.10 Å². The van der Waals surface area contributed by atoms with E-state index in [2.05, 4.69) is 93.7 Å². The average Bonchev–Trinajstić information content (AvgIpc) is 3.22. The van der Waals surface area contributed by atoms with Crippen molar-refractivity contribution in [2.24, 2.45) is 0 Å². The molecule has 58 heavy (non-hydrogen) atoms. The second kappa shape index (κ2) is 46.5. The van der Waals surface area contributed by atoms with Crippen molar-refractivity contribution in [3.63, 3.8) is 0 Å². The number of hydrogen-bond acceptors (Lipinski definition) is 6. The average molecular weight is 809 g/mol. The zero-order valence-electron chi connectivity index (χ0n) is 37.8. The van der Waals surface area contributed by atoms with Gasteiger partial charge in [0.1, 0.15) is 13.2 Å². The Morgan fingerprint density at radius 1 is 0.362 bits per heavy atom. The van der Waals surface area contributed by atoms with E-state index in [1.54, 1.807) is 0 Å². The largest absolute Gasteiger partial charge is 0.462 e. The second-order valence-corrected chi connectivity index (χ2v) is 15.6. The van der Waals surface area contributed by atoms with Gasteiger partial charge in [-0.3, -0.25) is 14.4 Å². The minimum atomic E-state index is -0.783. The third kappa shape index (κ3) is 44.0. The third-order valence-electron chi connectivity index (χ3n) is 9.95. The Balaban J connectivity index is 4.30. The van der Waals surface area contributed by atoms with Gasteiger partial charge in [0.05, 0.1) is 0 Å². The molecule has 0 saturated carbocycles. The first kappa shape index (κ1) is 54.9. The molecule has 0 aromatic heterocycles. The fourth-order valence-corrected chi connectivity index (χ4v) is 6.34. The molecule has 0 saturated heterocycles. The van der Waals surface area contributed by atoms with Gasteiger partial charge in [-0.15, -0.1) is 0 Å². The fourth-order valence-electron chi connectivity index (χ4n) is 6.34. The molecule has 1 atom stereocenters. The first-order chi connectivity index (χ1) is 28.5. The van der Waals surface area contributed by atoms with Crippen LogP contribution in [-0.4, -0.2) is 37.2 Å². The normalized spacial score (nSPS) is 12.7. The van der Waals surface area contributed by atoms with Crippen LogP contribution in [0.15, 0.2) is 72.9 Å². The lowest BCUT2D eigenvalue weighted by molar-refractivity contribution is -0.167. The SMILES string of the molecule is CC/C=C\C/C=C\C/C=C\C/C=C\C/C=C\CCCCCCCC(=O)OCC(COC(=O)CCCCCCCCC)OC(=O)CCCCCCC/C=C\CCCCC. The molecule has 0 spiro atoms. The van der Waals surface area contributed by atoms with E-state index in [-0.39, 0.29) is 31.1 Å². The summed E-state index contributed by atoms with van der Waals surface area (Å²) in [7, 11) is 0. The van der Waals surface area contributed by atoms with Crippen LogP contribution >= 0.6 is 0 Å². The van der Waals surface area contributed by atoms with E-state index in [0.29, 0.717) is 19.3 Å². The highest BCUT2D eigenvalue weighted by Crippen LogP contribution is 2.13. The molecule has 0 radical (unpaired) electrons. The van der Waals surface area contributed by atoms with Crippen molar-refractivity contribution in [1.29, 1.82) is 0 Å². The number of hydrogen-bond donors (Lipinski definition) is 0. The highest BCUT2D eigenvalue weighted by Gasteiger charge is 2.19. The maximum atomic E-state index is 12.7. The molecule has 0 N–H and O–H groups in total. The minimum Gasteiger partial charge on any atom is -0.462 e. The van der Waals surface area contributed by atoms with E-state index in [9.17, 15) is 14.4 Å². The zero-order chi connectivity index (χ0) is 42.3. The van der Waals surface area contributed by atoms with Crippen molar-refractivity contribution in [3.05, 3.63) is 72.9 Å². The van der Waals surface area contributed by atoms with Gasteiger partial charge in [-0.1, -0.05) is 184 Å². The summed E-state index contributed by atoms with van der Waals surface area (Å²) in [6, 6.07) is 0. The number of carbonyl (C=O) groups is 3. The van der Waals surface area contributed by atoms with Crippen LogP contribution in [0.4, 0.5) is 0 Å². The molecule has 0 heterocycles. The Labute approximate surface area is 357 Å². The maximum absolute atomic E-state index is 12.7. The summed E-state index contributed by atoms with van der Waals surface area (Å²) >= 11 is 0. The molecule has 332 valence electrons. The summed E-state index contributed by atoms with van der Waals surface area (Å²) < 4.78 is 16.7. The van der Waals surface area contributed by atoms with E-state index >= 15 is 0 Å². The predicted molar refractivity (Wildman–Crippen MR) is 247 cm³/mol. The van der Waals surface area contributed by atoms with Crippen molar-refractivity contribution in [3.8, 4) is 0 Å². The molecule has 0 aliphatic rings. The molecule has 0 aliphatic heterocycles. The molecule has 0 aromatic carbocycles. The maximum Gasteiger partial charge on any atom is 0.306 e. The van der Waals surface area contributed by atoms with Gasteiger partial charge in [-0.2, -0.15) is 0 Å². The molecule has 0 fully saturated rings. The number of carbonyl (C=O) groups excluding carboxylic acids is 3. The van der Waals surface area contributed by atoms with Crippen molar-refractivity contribution >= 4 is 17.9 Å². The van der Waals surface area contributed by atoms with Gasteiger partial charge in [-0.25, -0.2) is 0 Å². The van der Waals surface area contributed by atoms with Gasteiger partial charge in [0, 0.05) is 19.3 Å². The number of rotatable bonds is 42. The van der Waals surface area contributed by atoms with Crippen LogP contribution in [0, 0.1) is 0 Å². The monoisotopic (exact) mass is 809 g/mol. The van der Waals surface area contributed by atoms with Crippen LogP contribution in [0.1, 0.15) is 220 Å². The highest BCUT2D eigenvalue weighted by atomic mass is 16.6. The van der Waals surface area contributed by atoms with Gasteiger partial charge >= 0.3 is 17.9 Å². The van der Waals surface area contributed by atoms with Crippen molar-refractivity contribution < 1.29 is 28.6 Å². The number of esters is 3. The number of unbranched alkanes of at least 4 members (excludes halogenated alkanes) is 19. The lowest BCUT2D eigenvalue weighted by Gasteiger charge is -2.18. The molecule has 0 amide bonds. The molecule has 0 bridgehead atoms. The van der Waals surface area contributed by atoms with Gasteiger partial charge in [0.2, 0.25) is 0 Å². The molecule has 1 unspecified atom stereocenters. The van der Waals surface area contributed by atoms with Crippen molar-refractivity contribution in [1.82, 2.24) is 0 Å². The lowest BCUT2D eigenvalue weighted by Crippen LogP contribution is -2.30. The summed E-state index contributed by atoms with van der Waals surface area (Å²) in [5.74, 6) is -0.924. The quantitative estimate of drug-likeness (QED) is 0.0264. The highest BCUT2D eigenvalue weighted by molar-refractivity contribution is 5.71. The lowest BCUT2D eigenvalue weighted by atomic mass is 10.1. The predicted octanol–water partition coefficient (Wildman–Crippen LogP) is 15.5. The minimum absolute atomic E-state index is 0.0851. The molecule has 6 nitrogen and oxygen atoms in total. The summed E-state index contributed by atoms with van der Waals surface area (Å²) in [6.45, 7) is 6.42. The van der Waals surface area contributed by atoms with Gasteiger partial charge in [-0.05, 0) is 89.9 Å². The van der Waals surface area contributed by atoms with Crippen molar-refractivity contribution in [2.75, 3.05) is 13.2 Å². The fraction of sp³-hybridized carbons (Fsp3) is 0.712. The Hall–Kier alpha value is -3.15. The van der Waals surface area contributed by atoms with Crippen LogP contribution in [-0.2, 0) is 28.6 Å². The Kier molecular flexibility index (Phi) is 44.0. The topological polar surface area (TPSA) is 78.9 Å². The van der Waals surface area contributed by atoms with E-state index in [4.69, 9.17) is 14.2 Å². The Bertz CT molecular complexity index is 1110. The molecular formula is C52H88O6. The first-order valence-corrected chi connectivity index (χ1v) is 23.9. The summed E-state index contributed by atoms with van der Waals surface area (Å²) in [5, 5.41) is 0. The molecule has 6 heteroatoms. The van der Waals surface area contributed by atoms with E-state index in [0.717, 1.165) is 122 Å². The van der Waals surface area contributed by atoms with E-state index in [1.165, 1.54) is 57.8 Å². The molecule has 0 aromatic rings. The van der Waals surface area contributed by atoms with Gasteiger partial charge in [0.25, 0.3) is 0 Å². The smallest absolute Gasteiger partial charge is 0.306 e. The number of ether oxygens (including phenoxy) is 3. The van der Waals surface area contributed by atoms with Crippen molar-refractivity contribution in [2.45, 2.75) is 226 Å². The van der Waals surface area contributed by atoms with Gasteiger partial charge < -0.3 is 14.2 Å². The zero-order valence-corrected chi connectivity index (χ0v) is 37.8. The van der Waals surface area contributed by atoms with Crippen LogP contribution < -0.4 is 0 Å². The van der Waals surface area contributed by atoms with Crippen LogP contribution in [0.3, 0.4) is 0 Å². The summed E-state index contributed by atoms with van der Waals surface area (Å²) in [4.78, 5) is 37.7. The van der Waals surface area contributed by atoms with Crippen LogP contribution in [0.2, 0.25) is 0 Å².